The lowest BCUT2D eigenvalue weighted by molar-refractivity contribution is -0.200. The molecule has 0 amide bonds. The number of anilines is 1. The van der Waals surface area contributed by atoms with E-state index < -0.39 is 60.1 Å². The lowest BCUT2D eigenvalue weighted by Gasteiger charge is -2.29. The number of hydrogen-bond acceptors (Lipinski definition) is 3. The summed E-state index contributed by atoms with van der Waals surface area (Å²) in [5, 5.41) is 9.58. The van der Waals surface area contributed by atoms with Crippen LogP contribution in [0.15, 0.2) is 60.7 Å². The molecule has 194 valence electrons. The maximum Gasteiger partial charge on any atom is 0.416 e. The summed E-state index contributed by atoms with van der Waals surface area (Å²) in [6.45, 7) is -2.19. The number of hydrogen-bond donors (Lipinski definition) is 1. The fourth-order valence-corrected chi connectivity index (χ4v) is 3.28. The fraction of sp³-hybridized carbons (Fsp3) is 0.250. The predicted molar refractivity (Wildman–Crippen MR) is 112 cm³/mol. The minimum Gasteiger partial charge on any atom is -0.489 e. The van der Waals surface area contributed by atoms with Crippen molar-refractivity contribution in [1.82, 2.24) is 0 Å². The highest BCUT2D eigenvalue weighted by atomic mass is 19.4. The molecule has 1 atom stereocenters. The molecule has 0 aromatic heterocycles. The van der Waals surface area contributed by atoms with Crippen LogP contribution >= 0.6 is 0 Å². The molecule has 3 rings (SSSR count). The molecule has 0 aliphatic rings. The summed E-state index contributed by atoms with van der Waals surface area (Å²) in [6.07, 6.45) is -12.8. The maximum absolute atomic E-state index is 14.3. The van der Waals surface area contributed by atoms with Gasteiger partial charge in [-0.15, -0.1) is 0 Å². The summed E-state index contributed by atoms with van der Waals surface area (Å²) in [5.41, 5.74) is -1.68. The highest BCUT2D eigenvalue weighted by Gasteiger charge is 2.39. The monoisotopic (exact) mass is 523 g/mol. The van der Waals surface area contributed by atoms with Crippen LogP contribution < -0.4 is 9.64 Å². The van der Waals surface area contributed by atoms with Crippen LogP contribution in [0.3, 0.4) is 0 Å². The first-order valence-electron chi connectivity index (χ1n) is 10.3. The molecule has 0 saturated carbocycles. The van der Waals surface area contributed by atoms with E-state index in [0.29, 0.717) is 24.3 Å². The molecule has 36 heavy (non-hydrogen) atoms. The molecule has 0 heterocycles. The Balaban J connectivity index is 1.90. The molecule has 3 nitrogen and oxygen atoms in total. The summed E-state index contributed by atoms with van der Waals surface area (Å²) < 4.78 is 125. The number of ether oxygens (including phenoxy) is 1. The van der Waals surface area contributed by atoms with E-state index in [1.54, 1.807) is 0 Å². The van der Waals surface area contributed by atoms with Crippen molar-refractivity contribution in [2.24, 2.45) is 0 Å². The summed E-state index contributed by atoms with van der Waals surface area (Å²) in [4.78, 5) is 0.839. The Kier molecular flexibility index (Phi) is 8.07. The first kappa shape index (κ1) is 27.2. The highest BCUT2D eigenvalue weighted by Crippen LogP contribution is 2.32. The third kappa shape index (κ3) is 7.30. The van der Waals surface area contributed by atoms with Crippen molar-refractivity contribution in [1.29, 1.82) is 0 Å². The Morgan fingerprint density at radius 3 is 2.11 bits per heavy atom. The van der Waals surface area contributed by atoms with Gasteiger partial charge in [-0.1, -0.05) is 6.07 Å². The summed E-state index contributed by atoms with van der Waals surface area (Å²) in [7, 11) is 0. The number of nitrogens with zero attached hydrogens (tertiary/aromatic N) is 1. The van der Waals surface area contributed by atoms with Gasteiger partial charge in [-0.05, 0) is 48.0 Å². The summed E-state index contributed by atoms with van der Waals surface area (Å²) >= 11 is 0. The van der Waals surface area contributed by atoms with Crippen LogP contribution in [-0.2, 0) is 19.3 Å². The summed E-state index contributed by atoms with van der Waals surface area (Å²) in [5.74, 6) is -2.75. The minimum atomic E-state index is -5.06. The molecule has 0 bridgehead atoms. The smallest absolute Gasteiger partial charge is 0.416 e. The van der Waals surface area contributed by atoms with Crippen molar-refractivity contribution < 1.29 is 49.4 Å². The van der Waals surface area contributed by atoms with E-state index in [0.717, 1.165) is 17.0 Å². The normalized spacial score (nSPS) is 12.9. The van der Waals surface area contributed by atoms with E-state index in [9.17, 15) is 44.6 Å². The molecule has 3 aromatic carbocycles. The molecule has 12 heteroatoms. The Hall–Kier alpha value is -3.41. The summed E-state index contributed by atoms with van der Waals surface area (Å²) in [6, 6.07) is 9.39. The molecule has 0 radical (unpaired) electrons. The molecular weight excluding hydrogens is 505 g/mol. The Morgan fingerprint density at radius 1 is 0.833 bits per heavy atom. The van der Waals surface area contributed by atoms with Gasteiger partial charge in [0.05, 0.1) is 12.1 Å². The number of halogens is 9. The van der Waals surface area contributed by atoms with Crippen molar-refractivity contribution >= 4 is 5.69 Å². The van der Waals surface area contributed by atoms with Crippen molar-refractivity contribution in [3.05, 3.63) is 94.8 Å². The number of aliphatic hydroxyl groups excluding tert-OH is 1. The minimum absolute atomic E-state index is 0.0354. The molecule has 0 aliphatic carbocycles. The van der Waals surface area contributed by atoms with Gasteiger partial charge in [0, 0.05) is 29.9 Å². The highest BCUT2D eigenvalue weighted by molar-refractivity contribution is 5.51. The molecular formula is C24H18F9NO2. The van der Waals surface area contributed by atoms with Gasteiger partial charge in [-0.3, -0.25) is 0 Å². The Bertz CT molecular complexity index is 1170. The third-order valence-corrected chi connectivity index (χ3v) is 5.02. The molecule has 0 fully saturated rings. The first-order chi connectivity index (χ1) is 16.7. The zero-order valence-electron chi connectivity index (χ0n) is 18.2. The lowest BCUT2D eigenvalue weighted by Crippen LogP contribution is -2.41. The first-order valence-corrected chi connectivity index (χ1v) is 10.3. The van der Waals surface area contributed by atoms with Gasteiger partial charge >= 0.3 is 12.4 Å². The predicted octanol–water partition coefficient (Wildman–Crippen LogP) is 6.63. The van der Waals surface area contributed by atoms with Crippen LogP contribution in [0, 0.1) is 17.5 Å². The quantitative estimate of drug-likeness (QED) is 0.337. The van der Waals surface area contributed by atoms with E-state index >= 15 is 0 Å². The van der Waals surface area contributed by atoms with Crippen molar-refractivity contribution in [3.8, 4) is 5.75 Å². The van der Waals surface area contributed by atoms with Gasteiger partial charge in [0.15, 0.2) is 6.10 Å². The molecule has 0 saturated heterocycles. The van der Waals surface area contributed by atoms with Crippen molar-refractivity contribution in [3.63, 3.8) is 0 Å². The maximum atomic E-state index is 14.3. The van der Waals surface area contributed by atoms with Gasteiger partial charge in [-0.2, -0.15) is 26.3 Å². The van der Waals surface area contributed by atoms with Crippen LogP contribution in [0.5, 0.6) is 5.75 Å². The molecule has 3 aromatic rings. The van der Waals surface area contributed by atoms with Gasteiger partial charge in [0.2, 0.25) is 0 Å². The van der Waals surface area contributed by atoms with Crippen molar-refractivity contribution in [2.45, 2.75) is 31.6 Å². The molecule has 1 N–H and O–H groups in total. The SMILES string of the molecule is OC(CN(Cc1cc(C(F)(F)F)ccc1F)c1cccc(OCc2cc(F)cc(F)c2)c1)C(F)(F)F. The average Bonchev–Trinajstić information content (AvgIpc) is 2.76. The van der Waals surface area contributed by atoms with Gasteiger partial charge in [0.1, 0.15) is 29.8 Å². The largest absolute Gasteiger partial charge is 0.489 e. The molecule has 0 spiro atoms. The number of rotatable bonds is 8. The van der Waals surface area contributed by atoms with E-state index in [-0.39, 0.29) is 23.6 Å². The van der Waals surface area contributed by atoms with Gasteiger partial charge in [-0.25, -0.2) is 13.2 Å². The average molecular weight is 523 g/mol. The van der Waals surface area contributed by atoms with E-state index in [1.165, 1.54) is 24.3 Å². The van der Waals surface area contributed by atoms with Crippen LogP contribution in [0.1, 0.15) is 16.7 Å². The van der Waals surface area contributed by atoms with Crippen LogP contribution in [0.2, 0.25) is 0 Å². The number of alkyl halides is 6. The van der Waals surface area contributed by atoms with Crippen LogP contribution in [0.25, 0.3) is 0 Å². The zero-order valence-corrected chi connectivity index (χ0v) is 18.2. The second-order valence-electron chi connectivity index (χ2n) is 7.81. The number of benzene rings is 3. The Labute approximate surface area is 199 Å². The number of aliphatic hydroxyl groups is 1. The van der Waals surface area contributed by atoms with E-state index in [1.807, 2.05) is 0 Å². The standard InChI is InChI=1S/C24H18F9NO2/c25-17-6-14(7-18(26)9-17)13-36-20-3-1-2-19(10-20)34(12-22(35)24(31,32)33)11-15-8-16(23(28,29)30)4-5-21(15)27/h1-10,22,35H,11-13H2. The molecule has 1 unspecified atom stereocenters. The Morgan fingerprint density at radius 2 is 1.50 bits per heavy atom. The topological polar surface area (TPSA) is 32.7 Å². The van der Waals surface area contributed by atoms with E-state index in [4.69, 9.17) is 4.74 Å². The van der Waals surface area contributed by atoms with Crippen molar-refractivity contribution in [2.75, 3.05) is 11.4 Å². The second kappa shape index (κ2) is 10.7. The van der Waals surface area contributed by atoms with E-state index in [2.05, 4.69) is 0 Å². The lowest BCUT2D eigenvalue weighted by atomic mass is 10.1. The van der Waals surface area contributed by atoms with Crippen LogP contribution in [-0.4, -0.2) is 23.9 Å². The molecule has 0 aliphatic heterocycles. The second-order valence-corrected chi connectivity index (χ2v) is 7.81. The zero-order chi connectivity index (χ0) is 26.7. The van der Waals surface area contributed by atoms with Crippen LogP contribution in [0.4, 0.5) is 45.2 Å². The fourth-order valence-electron chi connectivity index (χ4n) is 3.28. The van der Waals surface area contributed by atoms with Gasteiger partial charge < -0.3 is 14.7 Å². The van der Waals surface area contributed by atoms with Gasteiger partial charge in [0.25, 0.3) is 0 Å². The third-order valence-electron chi connectivity index (χ3n) is 5.02.